The third kappa shape index (κ3) is 3.82. The smallest absolute Gasteiger partial charge is 0.255 e. The van der Waals surface area contributed by atoms with Gasteiger partial charge in [0.05, 0.1) is 6.61 Å². The van der Waals surface area contributed by atoms with Crippen LogP contribution in [0.4, 0.5) is 5.69 Å². The monoisotopic (exact) mass is 337 g/mol. The first-order valence-electron chi connectivity index (χ1n) is 8.12. The number of tetrazole rings is 1. The number of rotatable bonds is 6. The van der Waals surface area contributed by atoms with Crippen LogP contribution in [0.15, 0.2) is 48.5 Å². The van der Waals surface area contributed by atoms with E-state index in [-0.39, 0.29) is 5.91 Å². The summed E-state index contributed by atoms with van der Waals surface area (Å²) in [4.78, 5) is 12.5. The fourth-order valence-electron chi connectivity index (χ4n) is 2.43. The average Bonchev–Trinajstić information content (AvgIpc) is 3.12. The minimum absolute atomic E-state index is 0.193. The standard InChI is InChI=1S/C18H19N5O2/c1-3-23-17(20-21-22-23)13-6-5-7-14(12-13)18(24)19-15-8-10-16(11-9-15)25-4-2/h5-12H,3-4H2,1-2H3,(H,19,24). The molecule has 1 aromatic heterocycles. The number of hydrogen-bond donors (Lipinski definition) is 1. The van der Waals surface area contributed by atoms with Gasteiger partial charge in [-0.25, -0.2) is 4.68 Å². The van der Waals surface area contributed by atoms with Crippen LogP contribution in [0, 0.1) is 0 Å². The molecule has 7 heteroatoms. The van der Waals surface area contributed by atoms with E-state index in [2.05, 4.69) is 20.8 Å². The van der Waals surface area contributed by atoms with Crippen LogP contribution >= 0.6 is 0 Å². The lowest BCUT2D eigenvalue weighted by Crippen LogP contribution is -2.12. The highest BCUT2D eigenvalue weighted by Gasteiger charge is 2.11. The Balaban J connectivity index is 1.77. The summed E-state index contributed by atoms with van der Waals surface area (Å²) < 4.78 is 7.08. The molecule has 0 unspecified atom stereocenters. The van der Waals surface area contributed by atoms with Crippen LogP contribution in [0.5, 0.6) is 5.75 Å². The summed E-state index contributed by atoms with van der Waals surface area (Å²) >= 11 is 0. The van der Waals surface area contributed by atoms with Crippen LogP contribution in [-0.2, 0) is 6.54 Å². The third-order valence-electron chi connectivity index (χ3n) is 3.64. The number of benzene rings is 2. The summed E-state index contributed by atoms with van der Waals surface area (Å²) in [5.74, 6) is 1.22. The zero-order valence-corrected chi connectivity index (χ0v) is 14.1. The zero-order valence-electron chi connectivity index (χ0n) is 14.1. The van der Waals surface area contributed by atoms with Crippen molar-refractivity contribution in [1.82, 2.24) is 20.2 Å². The Morgan fingerprint density at radius 2 is 1.96 bits per heavy atom. The molecule has 0 bridgehead atoms. The van der Waals surface area contributed by atoms with Gasteiger partial charge in [0, 0.05) is 23.4 Å². The van der Waals surface area contributed by atoms with Crippen molar-refractivity contribution in [2.75, 3.05) is 11.9 Å². The van der Waals surface area contributed by atoms with Gasteiger partial charge >= 0.3 is 0 Å². The van der Waals surface area contributed by atoms with E-state index in [1.807, 2.05) is 50.2 Å². The maximum absolute atomic E-state index is 12.5. The number of anilines is 1. The van der Waals surface area contributed by atoms with Gasteiger partial charge in [0.1, 0.15) is 5.75 Å². The minimum atomic E-state index is -0.193. The molecule has 3 aromatic rings. The van der Waals surface area contributed by atoms with Crippen molar-refractivity contribution in [3.8, 4) is 17.1 Å². The molecule has 128 valence electrons. The molecule has 0 atom stereocenters. The summed E-state index contributed by atoms with van der Waals surface area (Å²) in [6, 6.07) is 14.5. The molecule has 0 spiro atoms. The van der Waals surface area contributed by atoms with Crippen molar-refractivity contribution in [2.24, 2.45) is 0 Å². The second-order valence-corrected chi connectivity index (χ2v) is 5.31. The summed E-state index contributed by atoms with van der Waals surface area (Å²) in [6.07, 6.45) is 0. The second kappa shape index (κ2) is 7.57. The Kier molecular flexibility index (Phi) is 5.03. The van der Waals surface area contributed by atoms with Crippen molar-refractivity contribution in [3.63, 3.8) is 0 Å². The van der Waals surface area contributed by atoms with Crippen LogP contribution in [-0.4, -0.2) is 32.7 Å². The average molecular weight is 337 g/mol. The molecule has 0 aliphatic rings. The van der Waals surface area contributed by atoms with E-state index in [4.69, 9.17) is 4.74 Å². The summed E-state index contributed by atoms with van der Waals surface area (Å²) in [7, 11) is 0. The fourth-order valence-corrected chi connectivity index (χ4v) is 2.43. The Morgan fingerprint density at radius 1 is 1.16 bits per heavy atom. The lowest BCUT2D eigenvalue weighted by Gasteiger charge is -2.08. The van der Waals surface area contributed by atoms with Crippen molar-refractivity contribution < 1.29 is 9.53 Å². The number of aryl methyl sites for hydroxylation is 1. The zero-order chi connectivity index (χ0) is 17.6. The predicted octanol–water partition coefficient (Wildman–Crippen LogP) is 3.01. The van der Waals surface area contributed by atoms with Gasteiger partial charge in [0.15, 0.2) is 5.82 Å². The molecule has 7 nitrogen and oxygen atoms in total. The third-order valence-corrected chi connectivity index (χ3v) is 3.64. The van der Waals surface area contributed by atoms with Crippen molar-refractivity contribution >= 4 is 11.6 Å². The molecule has 1 heterocycles. The number of hydrogen-bond acceptors (Lipinski definition) is 5. The van der Waals surface area contributed by atoms with Gasteiger partial charge < -0.3 is 10.1 Å². The van der Waals surface area contributed by atoms with Crippen LogP contribution in [0.2, 0.25) is 0 Å². The normalized spacial score (nSPS) is 10.5. The molecule has 0 saturated carbocycles. The molecule has 25 heavy (non-hydrogen) atoms. The number of nitrogens with one attached hydrogen (secondary N) is 1. The Hall–Kier alpha value is -3.22. The highest BCUT2D eigenvalue weighted by Crippen LogP contribution is 2.19. The van der Waals surface area contributed by atoms with Gasteiger partial charge in [-0.15, -0.1) is 5.10 Å². The lowest BCUT2D eigenvalue weighted by molar-refractivity contribution is 0.102. The number of amides is 1. The van der Waals surface area contributed by atoms with E-state index in [1.54, 1.807) is 16.8 Å². The first-order valence-corrected chi connectivity index (χ1v) is 8.12. The molecule has 0 fully saturated rings. The van der Waals surface area contributed by atoms with Gasteiger partial charge in [-0.2, -0.15) is 0 Å². The topological polar surface area (TPSA) is 81.9 Å². The van der Waals surface area contributed by atoms with E-state index >= 15 is 0 Å². The molecule has 0 saturated heterocycles. The number of nitrogens with zero attached hydrogens (tertiary/aromatic N) is 4. The Labute approximate surface area is 145 Å². The first-order chi connectivity index (χ1) is 12.2. The number of aromatic nitrogens is 4. The lowest BCUT2D eigenvalue weighted by atomic mass is 10.1. The summed E-state index contributed by atoms with van der Waals surface area (Å²) in [5.41, 5.74) is 2.04. The van der Waals surface area contributed by atoms with Crippen molar-refractivity contribution in [3.05, 3.63) is 54.1 Å². The van der Waals surface area contributed by atoms with Crippen LogP contribution < -0.4 is 10.1 Å². The van der Waals surface area contributed by atoms with Gasteiger partial charge in [0.2, 0.25) is 0 Å². The Morgan fingerprint density at radius 3 is 2.68 bits per heavy atom. The maximum atomic E-state index is 12.5. The highest BCUT2D eigenvalue weighted by molar-refractivity contribution is 6.04. The van der Waals surface area contributed by atoms with E-state index in [1.165, 1.54) is 0 Å². The van der Waals surface area contributed by atoms with Gasteiger partial charge in [-0.3, -0.25) is 4.79 Å². The SMILES string of the molecule is CCOc1ccc(NC(=O)c2cccc(-c3nnnn3CC)c2)cc1. The van der Waals surface area contributed by atoms with E-state index in [0.717, 1.165) is 11.3 Å². The molecule has 0 aliphatic heterocycles. The van der Waals surface area contributed by atoms with Crippen LogP contribution in [0.3, 0.4) is 0 Å². The van der Waals surface area contributed by atoms with Crippen LogP contribution in [0.25, 0.3) is 11.4 Å². The van der Waals surface area contributed by atoms with Gasteiger partial charge in [-0.05, 0) is 60.7 Å². The van der Waals surface area contributed by atoms with E-state index in [0.29, 0.717) is 30.2 Å². The second-order valence-electron chi connectivity index (χ2n) is 5.31. The number of carbonyl (C=O) groups is 1. The van der Waals surface area contributed by atoms with Crippen molar-refractivity contribution in [2.45, 2.75) is 20.4 Å². The van der Waals surface area contributed by atoms with Crippen molar-refractivity contribution in [1.29, 1.82) is 0 Å². The quantitative estimate of drug-likeness (QED) is 0.748. The van der Waals surface area contributed by atoms with Gasteiger partial charge in [-0.1, -0.05) is 12.1 Å². The molecular formula is C18H19N5O2. The highest BCUT2D eigenvalue weighted by atomic mass is 16.5. The summed E-state index contributed by atoms with van der Waals surface area (Å²) in [5, 5.41) is 14.5. The molecule has 1 N–H and O–H groups in total. The summed E-state index contributed by atoms with van der Waals surface area (Å²) in [6.45, 7) is 5.15. The molecule has 1 amide bonds. The number of ether oxygens (including phenoxy) is 1. The molecule has 0 aliphatic carbocycles. The minimum Gasteiger partial charge on any atom is -0.494 e. The predicted molar refractivity (Wildman–Crippen MR) is 94.5 cm³/mol. The van der Waals surface area contributed by atoms with E-state index < -0.39 is 0 Å². The van der Waals surface area contributed by atoms with Gasteiger partial charge in [0.25, 0.3) is 5.91 Å². The largest absolute Gasteiger partial charge is 0.494 e. The molecule has 2 aromatic carbocycles. The van der Waals surface area contributed by atoms with Crippen LogP contribution in [0.1, 0.15) is 24.2 Å². The Bertz CT molecular complexity index is 858. The molecular weight excluding hydrogens is 318 g/mol. The molecule has 3 rings (SSSR count). The maximum Gasteiger partial charge on any atom is 0.255 e. The fraction of sp³-hybridized carbons (Fsp3) is 0.222. The van der Waals surface area contributed by atoms with E-state index in [9.17, 15) is 4.79 Å². The number of carbonyl (C=O) groups excluding carboxylic acids is 1. The molecule has 0 radical (unpaired) electrons. The first kappa shape index (κ1) is 16.6.